The normalized spacial score (nSPS) is 15.1. The van der Waals surface area contributed by atoms with Crippen LogP contribution in [0.25, 0.3) is 0 Å². The molecule has 0 unspecified atom stereocenters. The number of carbonyl (C=O) groups excluding carboxylic acids is 1. The minimum Gasteiger partial charge on any atom is -0.346 e. The van der Waals surface area contributed by atoms with Gasteiger partial charge in [-0.15, -0.1) is 0 Å². The second kappa shape index (κ2) is 9.18. The molecule has 0 saturated carbocycles. The van der Waals surface area contributed by atoms with Gasteiger partial charge in [0.15, 0.2) is 5.11 Å². The van der Waals surface area contributed by atoms with Crippen molar-refractivity contribution in [3.63, 3.8) is 0 Å². The summed E-state index contributed by atoms with van der Waals surface area (Å²) in [6, 6.07) is 6.78. The molecule has 4 nitrogen and oxygen atoms in total. The second-order valence-corrected chi connectivity index (χ2v) is 7.40. The van der Waals surface area contributed by atoms with Crippen molar-refractivity contribution in [1.29, 1.82) is 0 Å². The Bertz CT molecular complexity index is 609. The molecule has 0 aliphatic carbocycles. The van der Waals surface area contributed by atoms with Crippen molar-refractivity contribution < 1.29 is 4.79 Å². The maximum atomic E-state index is 11.6. The van der Waals surface area contributed by atoms with Gasteiger partial charge in [-0.25, -0.2) is 0 Å². The number of anilines is 1. The molecule has 2 rings (SSSR count). The van der Waals surface area contributed by atoms with Gasteiger partial charge in [0.2, 0.25) is 5.91 Å². The third-order valence-corrected chi connectivity index (χ3v) is 5.46. The summed E-state index contributed by atoms with van der Waals surface area (Å²) < 4.78 is 0. The first-order chi connectivity index (χ1) is 11.9. The minimum atomic E-state index is 0.175. The standard InChI is InChI=1S/C20H31N3OS/c1-5-6-11-23(19-9-12-22(13-10-19)17(4)24)20(25)21-18-8-7-15(2)16(3)14-18/h7-8,14,19H,5-6,9-13H2,1-4H3,(H,21,25). The Kier molecular flexibility index (Phi) is 7.24. The molecule has 25 heavy (non-hydrogen) atoms. The van der Waals surface area contributed by atoms with E-state index >= 15 is 0 Å². The highest BCUT2D eigenvalue weighted by Gasteiger charge is 2.26. The predicted octanol–water partition coefficient (Wildman–Crippen LogP) is 4.11. The van der Waals surface area contributed by atoms with E-state index in [1.165, 1.54) is 11.1 Å². The SMILES string of the molecule is CCCCN(C(=S)Nc1ccc(C)c(C)c1)C1CCN(C(C)=O)CC1. The Morgan fingerprint density at radius 1 is 1.28 bits per heavy atom. The summed E-state index contributed by atoms with van der Waals surface area (Å²) >= 11 is 5.74. The molecule has 1 aliphatic heterocycles. The lowest BCUT2D eigenvalue weighted by Crippen LogP contribution is -2.49. The number of carbonyl (C=O) groups is 1. The van der Waals surface area contributed by atoms with E-state index in [1.54, 1.807) is 6.92 Å². The fourth-order valence-electron chi connectivity index (χ4n) is 3.29. The number of aryl methyl sites for hydroxylation is 2. The fraction of sp³-hybridized carbons (Fsp3) is 0.600. The number of nitrogens with zero attached hydrogens (tertiary/aromatic N) is 2. The molecule has 1 amide bonds. The highest BCUT2D eigenvalue weighted by molar-refractivity contribution is 7.80. The Labute approximate surface area is 157 Å². The first-order valence-electron chi connectivity index (χ1n) is 9.32. The van der Waals surface area contributed by atoms with Crippen LogP contribution < -0.4 is 5.32 Å². The van der Waals surface area contributed by atoms with Crippen LogP contribution in [0.5, 0.6) is 0 Å². The topological polar surface area (TPSA) is 35.6 Å². The van der Waals surface area contributed by atoms with Crippen LogP contribution in [0.3, 0.4) is 0 Å². The quantitative estimate of drug-likeness (QED) is 0.801. The second-order valence-electron chi connectivity index (χ2n) is 7.01. The summed E-state index contributed by atoms with van der Waals surface area (Å²) in [5.74, 6) is 0.175. The maximum absolute atomic E-state index is 11.6. The van der Waals surface area contributed by atoms with Crippen LogP contribution in [0, 0.1) is 13.8 Å². The molecule has 1 N–H and O–H groups in total. The number of amides is 1. The van der Waals surface area contributed by atoms with E-state index < -0.39 is 0 Å². The van der Waals surface area contributed by atoms with Crippen LogP contribution in [0.2, 0.25) is 0 Å². The van der Waals surface area contributed by atoms with Crippen molar-refractivity contribution in [1.82, 2.24) is 9.80 Å². The highest BCUT2D eigenvalue weighted by Crippen LogP contribution is 2.20. The average Bonchev–Trinajstić information content (AvgIpc) is 2.59. The van der Waals surface area contributed by atoms with Crippen LogP contribution in [0.15, 0.2) is 18.2 Å². The van der Waals surface area contributed by atoms with Crippen LogP contribution >= 0.6 is 12.2 Å². The number of thiocarbonyl (C=S) groups is 1. The number of benzene rings is 1. The van der Waals surface area contributed by atoms with Crippen LogP contribution in [-0.4, -0.2) is 46.5 Å². The lowest BCUT2D eigenvalue weighted by atomic mass is 10.0. The maximum Gasteiger partial charge on any atom is 0.219 e. The van der Waals surface area contributed by atoms with Gasteiger partial charge in [0.1, 0.15) is 0 Å². The Balaban J connectivity index is 2.04. The molecule has 0 atom stereocenters. The molecule has 1 aromatic carbocycles. The molecule has 0 radical (unpaired) electrons. The monoisotopic (exact) mass is 361 g/mol. The van der Waals surface area contributed by atoms with Gasteiger partial charge in [-0.05, 0) is 68.6 Å². The number of hydrogen-bond donors (Lipinski definition) is 1. The number of piperidine rings is 1. The van der Waals surface area contributed by atoms with E-state index in [4.69, 9.17) is 12.2 Å². The molecule has 138 valence electrons. The van der Waals surface area contributed by atoms with Crippen molar-refractivity contribution in [2.24, 2.45) is 0 Å². The third-order valence-electron chi connectivity index (χ3n) is 5.12. The van der Waals surface area contributed by atoms with E-state index in [9.17, 15) is 4.79 Å². The zero-order valence-corrected chi connectivity index (χ0v) is 16.8. The smallest absolute Gasteiger partial charge is 0.219 e. The van der Waals surface area contributed by atoms with Gasteiger partial charge in [-0.1, -0.05) is 19.4 Å². The van der Waals surface area contributed by atoms with Gasteiger partial charge in [-0.3, -0.25) is 4.79 Å². The van der Waals surface area contributed by atoms with E-state index in [-0.39, 0.29) is 5.91 Å². The Morgan fingerprint density at radius 2 is 1.96 bits per heavy atom. The van der Waals surface area contributed by atoms with Crippen molar-refractivity contribution in [3.05, 3.63) is 29.3 Å². The molecule has 0 aromatic heterocycles. The lowest BCUT2D eigenvalue weighted by Gasteiger charge is -2.39. The van der Waals surface area contributed by atoms with E-state index in [0.29, 0.717) is 6.04 Å². The zero-order chi connectivity index (χ0) is 18.4. The molecule has 1 heterocycles. The summed E-state index contributed by atoms with van der Waals surface area (Å²) in [6.07, 6.45) is 4.24. The van der Waals surface area contributed by atoms with Crippen molar-refractivity contribution in [2.75, 3.05) is 25.0 Å². The molecule has 1 aromatic rings. The van der Waals surface area contributed by atoms with Gasteiger partial charge >= 0.3 is 0 Å². The van der Waals surface area contributed by atoms with Gasteiger partial charge in [-0.2, -0.15) is 0 Å². The van der Waals surface area contributed by atoms with Crippen LogP contribution in [-0.2, 0) is 4.79 Å². The molecule has 0 bridgehead atoms. The van der Waals surface area contributed by atoms with Crippen LogP contribution in [0.1, 0.15) is 50.7 Å². The molecular formula is C20H31N3OS. The zero-order valence-electron chi connectivity index (χ0n) is 16.0. The van der Waals surface area contributed by atoms with Crippen molar-refractivity contribution in [2.45, 2.75) is 59.4 Å². The van der Waals surface area contributed by atoms with Gasteiger partial charge in [0.05, 0.1) is 0 Å². The largest absolute Gasteiger partial charge is 0.346 e. The molecule has 1 aliphatic rings. The molecule has 1 fully saturated rings. The number of hydrogen-bond acceptors (Lipinski definition) is 2. The van der Waals surface area contributed by atoms with Gasteiger partial charge in [0, 0.05) is 38.3 Å². The summed E-state index contributed by atoms with van der Waals surface area (Å²) in [7, 11) is 0. The number of likely N-dealkylation sites (tertiary alicyclic amines) is 1. The van der Waals surface area contributed by atoms with E-state index in [2.05, 4.69) is 49.2 Å². The number of rotatable bonds is 5. The summed E-state index contributed by atoms with van der Waals surface area (Å²) in [6.45, 7) is 10.7. The average molecular weight is 362 g/mol. The van der Waals surface area contributed by atoms with E-state index in [1.807, 2.05) is 4.90 Å². The number of nitrogens with one attached hydrogen (secondary N) is 1. The first kappa shape index (κ1) is 19.7. The molecular weight excluding hydrogens is 330 g/mol. The van der Waals surface area contributed by atoms with E-state index in [0.717, 1.165) is 56.1 Å². The van der Waals surface area contributed by atoms with Crippen LogP contribution in [0.4, 0.5) is 5.69 Å². The Morgan fingerprint density at radius 3 is 2.52 bits per heavy atom. The van der Waals surface area contributed by atoms with Gasteiger partial charge in [0.25, 0.3) is 0 Å². The fourth-order valence-corrected chi connectivity index (χ4v) is 3.64. The summed E-state index contributed by atoms with van der Waals surface area (Å²) in [5.41, 5.74) is 3.61. The molecule has 1 saturated heterocycles. The summed E-state index contributed by atoms with van der Waals surface area (Å²) in [4.78, 5) is 15.8. The first-order valence-corrected chi connectivity index (χ1v) is 9.73. The van der Waals surface area contributed by atoms with Crippen molar-refractivity contribution >= 4 is 28.9 Å². The minimum absolute atomic E-state index is 0.175. The van der Waals surface area contributed by atoms with Gasteiger partial charge < -0.3 is 15.1 Å². The number of unbranched alkanes of at least 4 members (excludes halogenated alkanes) is 1. The predicted molar refractivity (Wildman–Crippen MR) is 109 cm³/mol. The summed E-state index contributed by atoms with van der Waals surface area (Å²) in [5, 5.41) is 4.23. The highest BCUT2D eigenvalue weighted by atomic mass is 32.1. The molecule has 5 heteroatoms. The third kappa shape index (κ3) is 5.43. The lowest BCUT2D eigenvalue weighted by molar-refractivity contribution is -0.130. The van der Waals surface area contributed by atoms with Crippen molar-refractivity contribution in [3.8, 4) is 0 Å². The molecule has 0 spiro atoms. The Hall–Kier alpha value is -1.62.